The zero-order valence-corrected chi connectivity index (χ0v) is 11.0. The van der Waals surface area contributed by atoms with E-state index in [2.05, 4.69) is 9.97 Å². The Kier molecular flexibility index (Phi) is 3.02. The number of carboxylic acid groups (broad SMARTS) is 1. The number of hydrogen-bond donors (Lipinski definition) is 2. The highest BCUT2D eigenvalue weighted by molar-refractivity contribution is 6.02. The number of aromatic carboxylic acids is 1. The summed E-state index contributed by atoms with van der Waals surface area (Å²) >= 11 is 0. The molecule has 106 valence electrons. The van der Waals surface area contributed by atoms with E-state index in [1.807, 2.05) is 30.3 Å². The summed E-state index contributed by atoms with van der Waals surface area (Å²) in [4.78, 5) is 32.2. The highest BCUT2D eigenvalue weighted by Crippen LogP contribution is 2.31. The van der Waals surface area contributed by atoms with Gasteiger partial charge in [0.15, 0.2) is 0 Å². The van der Waals surface area contributed by atoms with Crippen LogP contribution >= 0.6 is 0 Å². The van der Waals surface area contributed by atoms with Gasteiger partial charge in [-0.15, -0.1) is 0 Å². The number of benzene rings is 1. The van der Waals surface area contributed by atoms with Gasteiger partial charge in [0.2, 0.25) is 11.7 Å². The Balaban J connectivity index is 2.02. The van der Waals surface area contributed by atoms with Crippen LogP contribution < -0.4 is 10.6 Å². The fraction of sp³-hybridized carbons (Fsp3) is 0.143. The van der Waals surface area contributed by atoms with Crippen molar-refractivity contribution in [2.24, 2.45) is 0 Å². The van der Waals surface area contributed by atoms with E-state index in [0.717, 1.165) is 5.56 Å². The highest BCUT2D eigenvalue weighted by atomic mass is 16.4. The second-order valence-corrected chi connectivity index (χ2v) is 4.68. The van der Waals surface area contributed by atoms with Crippen molar-refractivity contribution in [3.05, 3.63) is 47.3 Å². The summed E-state index contributed by atoms with van der Waals surface area (Å²) in [5, 5.41) is 9.00. The number of nitrogens with zero attached hydrogens (tertiary/aromatic N) is 3. The van der Waals surface area contributed by atoms with Crippen LogP contribution in [0.1, 0.15) is 21.7 Å². The van der Waals surface area contributed by atoms with E-state index < -0.39 is 11.8 Å². The first-order valence-electron chi connectivity index (χ1n) is 6.30. The maximum Gasteiger partial charge on any atom is 0.374 e. The van der Waals surface area contributed by atoms with Crippen LogP contribution in [0, 0.1) is 0 Å². The summed E-state index contributed by atoms with van der Waals surface area (Å²) in [6, 6.07) is 9.38. The molecule has 0 spiro atoms. The molecular formula is C14H12N4O3. The molecule has 1 aromatic heterocycles. The molecule has 0 fully saturated rings. The summed E-state index contributed by atoms with van der Waals surface area (Å²) < 4.78 is 0. The molecule has 1 aliphatic heterocycles. The summed E-state index contributed by atoms with van der Waals surface area (Å²) in [7, 11) is 0. The number of rotatable bonds is 3. The van der Waals surface area contributed by atoms with Crippen molar-refractivity contribution in [2.45, 2.75) is 13.0 Å². The predicted molar refractivity (Wildman–Crippen MR) is 74.7 cm³/mol. The molecule has 1 aliphatic rings. The molecular weight excluding hydrogens is 272 g/mol. The molecule has 2 aromatic rings. The number of fused-ring (bicyclic) bond motifs is 1. The zero-order chi connectivity index (χ0) is 15.0. The third kappa shape index (κ3) is 2.29. The number of anilines is 2. The van der Waals surface area contributed by atoms with Gasteiger partial charge in [-0.05, 0) is 5.56 Å². The number of carbonyl (C=O) groups excluding carboxylic acids is 1. The highest BCUT2D eigenvalue weighted by Gasteiger charge is 2.32. The van der Waals surface area contributed by atoms with Gasteiger partial charge in [-0.25, -0.2) is 14.8 Å². The first kappa shape index (κ1) is 13.0. The largest absolute Gasteiger partial charge is 0.475 e. The average molecular weight is 284 g/mol. The molecule has 0 unspecified atom stereocenters. The molecule has 0 saturated carbocycles. The molecule has 0 bridgehead atoms. The predicted octanol–water partition coefficient (Wildman–Crippen LogP) is 0.846. The van der Waals surface area contributed by atoms with Gasteiger partial charge >= 0.3 is 5.97 Å². The number of hydrogen-bond acceptors (Lipinski definition) is 5. The topological polar surface area (TPSA) is 109 Å². The van der Waals surface area contributed by atoms with Gasteiger partial charge in [0, 0.05) is 5.56 Å². The Morgan fingerprint density at radius 1 is 1.29 bits per heavy atom. The minimum Gasteiger partial charge on any atom is -0.475 e. The van der Waals surface area contributed by atoms with Crippen LogP contribution in [0.3, 0.4) is 0 Å². The van der Waals surface area contributed by atoms with Gasteiger partial charge < -0.3 is 10.8 Å². The third-order valence-corrected chi connectivity index (χ3v) is 3.28. The summed E-state index contributed by atoms with van der Waals surface area (Å²) in [6.45, 7) is 0.322. The average Bonchev–Trinajstić information content (AvgIpc) is 2.77. The molecule has 0 radical (unpaired) electrons. The van der Waals surface area contributed by atoms with Crippen molar-refractivity contribution in [1.82, 2.24) is 9.97 Å². The fourth-order valence-corrected chi connectivity index (χ4v) is 2.27. The first-order chi connectivity index (χ1) is 10.1. The third-order valence-electron chi connectivity index (χ3n) is 3.28. The summed E-state index contributed by atoms with van der Waals surface area (Å²) in [6.07, 6.45) is 0.0912. The van der Waals surface area contributed by atoms with E-state index in [-0.39, 0.29) is 24.0 Å². The number of nitrogens with two attached hydrogens (primary N) is 1. The second-order valence-electron chi connectivity index (χ2n) is 4.68. The molecule has 3 rings (SSSR count). The maximum absolute atomic E-state index is 12.1. The van der Waals surface area contributed by atoms with Gasteiger partial charge in [0.1, 0.15) is 11.6 Å². The van der Waals surface area contributed by atoms with E-state index in [0.29, 0.717) is 12.1 Å². The Morgan fingerprint density at radius 2 is 2.00 bits per heavy atom. The molecule has 0 atom stereocenters. The van der Waals surface area contributed by atoms with Crippen LogP contribution in [0.4, 0.5) is 11.6 Å². The second kappa shape index (κ2) is 4.86. The molecule has 3 N–H and O–H groups in total. The number of nitrogen functional groups attached to an aromatic ring is 1. The number of carbonyl (C=O) groups is 2. The SMILES string of the molecule is Nc1nc(C(=O)O)nc2c1CC(=O)N2Cc1ccccc1. The fourth-order valence-electron chi connectivity index (χ4n) is 2.27. The molecule has 7 heteroatoms. The summed E-state index contributed by atoms with van der Waals surface area (Å²) in [5.74, 6) is -1.52. The Morgan fingerprint density at radius 3 is 2.67 bits per heavy atom. The van der Waals surface area contributed by atoms with E-state index in [4.69, 9.17) is 10.8 Å². The molecule has 0 saturated heterocycles. The minimum atomic E-state index is -1.27. The van der Waals surface area contributed by atoms with E-state index in [9.17, 15) is 9.59 Å². The van der Waals surface area contributed by atoms with Crippen molar-refractivity contribution < 1.29 is 14.7 Å². The van der Waals surface area contributed by atoms with E-state index in [1.165, 1.54) is 4.90 Å². The lowest BCUT2D eigenvalue weighted by atomic mass is 10.2. The quantitative estimate of drug-likeness (QED) is 0.864. The van der Waals surface area contributed by atoms with Gasteiger partial charge in [-0.2, -0.15) is 0 Å². The van der Waals surface area contributed by atoms with E-state index >= 15 is 0 Å². The molecule has 2 heterocycles. The minimum absolute atomic E-state index is 0.0429. The Hall–Kier alpha value is -2.96. The number of aromatic nitrogens is 2. The van der Waals surface area contributed by atoms with Crippen molar-refractivity contribution in [2.75, 3.05) is 10.6 Å². The van der Waals surface area contributed by atoms with Crippen LogP contribution in [-0.4, -0.2) is 27.0 Å². The van der Waals surface area contributed by atoms with E-state index in [1.54, 1.807) is 0 Å². The van der Waals surface area contributed by atoms with Crippen molar-refractivity contribution >= 4 is 23.5 Å². The molecule has 21 heavy (non-hydrogen) atoms. The number of carboxylic acids is 1. The lowest BCUT2D eigenvalue weighted by molar-refractivity contribution is -0.117. The normalized spacial score (nSPS) is 13.3. The standard InChI is InChI=1S/C14H12N4O3/c15-11-9-6-10(19)18(7-8-4-2-1-3-5-8)13(9)17-12(16-11)14(20)21/h1-5H,6-7H2,(H,20,21)(H2,15,16,17). The monoisotopic (exact) mass is 284 g/mol. The molecule has 1 aromatic carbocycles. The van der Waals surface area contributed by atoms with Gasteiger partial charge in [0.05, 0.1) is 13.0 Å². The Labute approximate surface area is 120 Å². The maximum atomic E-state index is 12.1. The van der Waals surface area contributed by atoms with Gasteiger partial charge in [-0.3, -0.25) is 9.69 Å². The molecule has 0 aliphatic carbocycles. The lowest BCUT2D eigenvalue weighted by Crippen LogP contribution is -2.27. The van der Waals surface area contributed by atoms with Gasteiger partial charge in [-0.1, -0.05) is 30.3 Å². The summed E-state index contributed by atoms with van der Waals surface area (Å²) in [5.41, 5.74) is 7.15. The van der Waals surface area contributed by atoms with Crippen LogP contribution in [-0.2, 0) is 17.8 Å². The van der Waals surface area contributed by atoms with Gasteiger partial charge in [0.25, 0.3) is 0 Å². The van der Waals surface area contributed by atoms with Crippen molar-refractivity contribution in [3.63, 3.8) is 0 Å². The van der Waals surface area contributed by atoms with Crippen LogP contribution in [0.2, 0.25) is 0 Å². The van der Waals surface area contributed by atoms with Crippen LogP contribution in [0.5, 0.6) is 0 Å². The molecule has 1 amide bonds. The van der Waals surface area contributed by atoms with Crippen LogP contribution in [0.15, 0.2) is 30.3 Å². The van der Waals surface area contributed by atoms with Crippen LogP contribution in [0.25, 0.3) is 0 Å². The smallest absolute Gasteiger partial charge is 0.374 e. The lowest BCUT2D eigenvalue weighted by Gasteiger charge is -2.16. The first-order valence-corrected chi connectivity index (χ1v) is 6.30. The Bertz CT molecular complexity index is 730. The number of amides is 1. The van der Waals surface area contributed by atoms with Crippen molar-refractivity contribution in [3.8, 4) is 0 Å². The van der Waals surface area contributed by atoms with Crippen molar-refractivity contribution in [1.29, 1.82) is 0 Å². The zero-order valence-electron chi connectivity index (χ0n) is 11.0. The molecule has 7 nitrogen and oxygen atoms in total.